The van der Waals surface area contributed by atoms with Crippen LogP contribution >= 0.6 is 0 Å². The molecule has 1 nitrogen and oxygen atoms in total. The van der Waals surface area contributed by atoms with E-state index < -0.39 is 0 Å². The van der Waals surface area contributed by atoms with Gasteiger partial charge in [0.2, 0.25) is 0 Å². The lowest BCUT2D eigenvalue weighted by atomic mass is 9.74. The SMILES string of the molecule is CC1=CN(C)CCC1C(C)(C)C. The zero-order chi connectivity index (χ0) is 9.35. The zero-order valence-corrected chi connectivity index (χ0v) is 9.02. The average molecular weight is 167 g/mol. The molecule has 0 aromatic rings. The molecule has 0 N–H and O–H groups in total. The van der Waals surface area contributed by atoms with E-state index in [4.69, 9.17) is 0 Å². The summed E-state index contributed by atoms with van der Waals surface area (Å²) in [6.45, 7) is 10.5. The number of rotatable bonds is 0. The third-order valence-corrected chi connectivity index (χ3v) is 2.79. The first kappa shape index (κ1) is 9.63. The molecule has 0 saturated heterocycles. The minimum atomic E-state index is 0.432. The van der Waals surface area contributed by atoms with Gasteiger partial charge in [0, 0.05) is 13.6 Å². The van der Waals surface area contributed by atoms with Crippen molar-refractivity contribution < 1.29 is 0 Å². The molecule has 0 aromatic heterocycles. The van der Waals surface area contributed by atoms with Crippen LogP contribution in [0.4, 0.5) is 0 Å². The highest BCUT2D eigenvalue weighted by atomic mass is 15.1. The van der Waals surface area contributed by atoms with Crippen LogP contribution in [0.2, 0.25) is 0 Å². The summed E-state index contributed by atoms with van der Waals surface area (Å²) >= 11 is 0. The molecule has 1 rings (SSSR count). The minimum absolute atomic E-state index is 0.432. The lowest BCUT2D eigenvalue weighted by molar-refractivity contribution is 0.223. The van der Waals surface area contributed by atoms with Crippen LogP contribution in [0.1, 0.15) is 34.1 Å². The maximum absolute atomic E-state index is 2.33. The molecule has 1 unspecified atom stereocenters. The molecule has 0 aliphatic carbocycles. The zero-order valence-electron chi connectivity index (χ0n) is 9.02. The molecule has 0 spiro atoms. The van der Waals surface area contributed by atoms with Crippen LogP contribution < -0.4 is 0 Å². The summed E-state index contributed by atoms with van der Waals surface area (Å²) in [5.41, 5.74) is 1.97. The van der Waals surface area contributed by atoms with Crippen molar-refractivity contribution in [3.8, 4) is 0 Å². The van der Waals surface area contributed by atoms with Crippen LogP contribution in [0.3, 0.4) is 0 Å². The Balaban J connectivity index is 2.76. The first-order chi connectivity index (χ1) is 5.41. The van der Waals surface area contributed by atoms with Crippen molar-refractivity contribution in [2.45, 2.75) is 34.1 Å². The van der Waals surface area contributed by atoms with Crippen molar-refractivity contribution in [3.63, 3.8) is 0 Å². The Morgan fingerprint density at radius 2 is 2.00 bits per heavy atom. The highest BCUT2D eigenvalue weighted by Crippen LogP contribution is 2.36. The second-order valence-corrected chi connectivity index (χ2v) is 5.06. The number of allylic oxidation sites excluding steroid dienone is 1. The summed E-state index contributed by atoms with van der Waals surface area (Å²) < 4.78 is 0. The molecule has 1 heterocycles. The molecule has 0 fully saturated rings. The molecule has 0 radical (unpaired) electrons. The Bertz CT molecular complexity index is 186. The highest BCUT2D eigenvalue weighted by Gasteiger charge is 2.28. The van der Waals surface area contributed by atoms with Gasteiger partial charge < -0.3 is 4.90 Å². The van der Waals surface area contributed by atoms with Gasteiger partial charge in [-0.2, -0.15) is 0 Å². The average Bonchev–Trinajstić information content (AvgIpc) is 1.83. The molecule has 1 heteroatoms. The van der Waals surface area contributed by atoms with Gasteiger partial charge in [-0.25, -0.2) is 0 Å². The van der Waals surface area contributed by atoms with Gasteiger partial charge in [0.05, 0.1) is 0 Å². The van der Waals surface area contributed by atoms with E-state index in [1.54, 1.807) is 0 Å². The molecule has 1 aliphatic rings. The van der Waals surface area contributed by atoms with Crippen LogP contribution in [-0.2, 0) is 0 Å². The van der Waals surface area contributed by atoms with E-state index in [9.17, 15) is 0 Å². The summed E-state index contributed by atoms with van der Waals surface area (Å²) in [6.07, 6.45) is 3.60. The Morgan fingerprint density at radius 1 is 1.42 bits per heavy atom. The van der Waals surface area contributed by atoms with Crippen molar-refractivity contribution in [2.24, 2.45) is 11.3 Å². The third kappa shape index (κ3) is 2.02. The predicted octanol–water partition coefficient (Wildman–Crippen LogP) is 2.89. The smallest absolute Gasteiger partial charge is 0.0175 e. The predicted molar refractivity (Wildman–Crippen MR) is 53.9 cm³/mol. The van der Waals surface area contributed by atoms with E-state index in [-0.39, 0.29) is 0 Å². The van der Waals surface area contributed by atoms with Gasteiger partial charge in [-0.15, -0.1) is 0 Å². The largest absolute Gasteiger partial charge is 0.380 e. The fraction of sp³-hybridized carbons (Fsp3) is 0.818. The molecular formula is C11H21N. The molecule has 0 bridgehead atoms. The fourth-order valence-corrected chi connectivity index (χ4v) is 2.18. The summed E-state index contributed by atoms with van der Waals surface area (Å²) in [6, 6.07) is 0. The van der Waals surface area contributed by atoms with Crippen molar-refractivity contribution in [1.29, 1.82) is 0 Å². The van der Waals surface area contributed by atoms with E-state index >= 15 is 0 Å². The number of hydrogen-bond acceptors (Lipinski definition) is 1. The van der Waals surface area contributed by atoms with Gasteiger partial charge in [-0.05, 0) is 30.9 Å². The van der Waals surface area contributed by atoms with Crippen LogP contribution in [-0.4, -0.2) is 18.5 Å². The fourth-order valence-electron chi connectivity index (χ4n) is 2.18. The first-order valence-corrected chi connectivity index (χ1v) is 4.80. The van der Waals surface area contributed by atoms with E-state index in [1.807, 2.05) is 0 Å². The Labute approximate surface area is 76.5 Å². The minimum Gasteiger partial charge on any atom is -0.380 e. The number of nitrogens with zero attached hydrogens (tertiary/aromatic N) is 1. The molecule has 0 amide bonds. The maximum Gasteiger partial charge on any atom is 0.0175 e. The van der Waals surface area contributed by atoms with Crippen molar-refractivity contribution in [2.75, 3.05) is 13.6 Å². The lowest BCUT2D eigenvalue weighted by Crippen LogP contribution is -2.30. The molecule has 1 aliphatic heterocycles. The van der Waals surface area contributed by atoms with Crippen molar-refractivity contribution in [3.05, 3.63) is 11.8 Å². The summed E-state index contributed by atoms with van der Waals surface area (Å²) in [5, 5.41) is 0. The van der Waals surface area contributed by atoms with E-state index in [0.717, 1.165) is 5.92 Å². The summed E-state index contributed by atoms with van der Waals surface area (Å²) in [4.78, 5) is 2.29. The van der Waals surface area contributed by atoms with Gasteiger partial charge in [0.25, 0.3) is 0 Å². The Kier molecular flexibility index (Phi) is 2.50. The van der Waals surface area contributed by atoms with E-state index in [0.29, 0.717) is 5.41 Å². The van der Waals surface area contributed by atoms with Gasteiger partial charge >= 0.3 is 0 Å². The molecule has 12 heavy (non-hydrogen) atoms. The molecule has 0 aromatic carbocycles. The van der Waals surface area contributed by atoms with Crippen LogP contribution in [0.15, 0.2) is 11.8 Å². The molecule has 0 saturated carbocycles. The molecule has 70 valence electrons. The van der Waals surface area contributed by atoms with Gasteiger partial charge in [0.1, 0.15) is 0 Å². The standard InChI is InChI=1S/C11H21N/c1-9-8-12(5)7-6-10(9)11(2,3)4/h8,10H,6-7H2,1-5H3. The molecular weight excluding hydrogens is 146 g/mol. The Morgan fingerprint density at radius 3 is 2.42 bits per heavy atom. The summed E-state index contributed by atoms with van der Waals surface area (Å²) in [5.74, 6) is 0.772. The van der Waals surface area contributed by atoms with Gasteiger partial charge in [0.15, 0.2) is 0 Å². The van der Waals surface area contributed by atoms with Crippen LogP contribution in [0, 0.1) is 11.3 Å². The topological polar surface area (TPSA) is 3.24 Å². The van der Waals surface area contributed by atoms with Crippen molar-refractivity contribution >= 4 is 0 Å². The van der Waals surface area contributed by atoms with Gasteiger partial charge in [-0.1, -0.05) is 26.3 Å². The molecule has 1 atom stereocenters. The van der Waals surface area contributed by atoms with E-state index in [2.05, 4.69) is 45.8 Å². The highest BCUT2D eigenvalue weighted by molar-refractivity contribution is 5.09. The summed E-state index contributed by atoms with van der Waals surface area (Å²) in [7, 11) is 2.16. The second kappa shape index (κ2) is 3.12. The normalized spacial score (nSPS) is 25.6. The van der Waals surface area contributed by atoms with Gasteiger partial charge in [-0.3, -0.25) is 0 Å². The van der Waals surface area contributed by atoms with Crippen molar-refractivity contribution in [1.82, 2.24) is 4.90 Å². The second-order valence-electron chi connectivity index (χ2n) is 5.06. The van der Waals surface area contributed by atoms with E-state index in [1.165, 1.54) is 18.5 Å². The monoisotopic (exact) mass is 167 g/mol. The number of hydrogen-bond donors (Lipinski definition) is 0. The first-order valence-electron chi connectivity index (χ1n) is 4.80. The van der Waals surface area contributed by atoms with Crippen LogP contribution in [0.5, 0.6) is 0 Å². The Hall–Kier alpha value is -0.460. The quantitative estimate of drug-likeness (QED) is 0.536. The van der Waals surface area contributed by atoms with Crippen LogP contribution in [0.25, 0.3) is 0 Å². The maximum atomic E-state index is 2.33. The lowest BCUT2D eigenvalue weighted by Gasteiger charge is -2.37. The third-order valence-electron chi connectivity index (χ3n) is 2.79.